The van der Waals surface area contributed by atoms with E-state index in [-0.39, 0.29) is 5.82 Å². The normalized spacial score (nSPS) is 12.5. The second-order valence-electron chi connectivity index (χ2n) is 4.66. The van der Waals surface area contributed by atoms with Gasteiger partial charge in [0.25, 0.3) is 0 Å². The van der Waals surface area contributed by atoms with Crippen LogP contribution in [-0.4, -0.2) is 6.61 Å². The smallest absolute Gasteiger partial charge is 0.165 e. The largest absolute Gasteiger partial charge is 0.490 e. The number of unbranched alkanes of at least 4 members (excludes halogenated alkanes) is 1. The number of ether oxygens (including phenoxy) is 1. The fourth-order valence-corrected chi connectivity index (χ4v) is 1.83. The maximum Gasteiger partial charge on any atom is 0.165 e. The highest BCUT2D eigenvalue weighted by Gasteiger charge is 2.09. The maximum absolute atomic E-state index is 13.5. The summed E-state index contributed by atoms with van der Waals surface area (Å²) in [6.07, 6.45) is 4.68. The fourth-order valence-electron chi connectivity index (χ4n) is 1.83. The van der Waals surface area contributed by atoms with Crippen molar-refractivity contribution in [3.8, 4) is 5.75 Å². The van der Waals surface area contributed by atoms with Crippen LogP contribution < -0.4 is 4.74 Å². The molecule has 0 amide bonds. The van der Waals surface area contributed by atoms with Crippen LogP contribution in [0.3, 0.4) is 0 Å². The molecule has 0 aliphatic carbocycles. The van der Waals surface area contributed by atoms with E-state index in [1.165, 1.54) is 25.3 Å². The van der Waals surface area contributed by atoms with Crippen LogP contribution >= 0.6 is 0 Å². The molecule has 1 rings (SSSR count). The molecule has 1 aromatic carbocycles. The predicted octanol–water partition coefficient (Wildman–Crippen LogP) is 4.73. The van der Waals surface area contributed by atoms with E-state index in [9.17, 15) is 4.39 Å². The second kappa shape index (κ2) is 7.31. The average Bonchev–Trinajstić information content (AvgIpc) is 2.33. The summed E-state index contributed by atoms with van der Waals surface area (Å²) >= 11 is 0. The first-order valence-electron chi connectivity index (χ1n) is 6.56. The first kappa shape index (κ1) is 14.0. The van der Waals surface area contributed by atoms with Crippen LogP contribution in [0.1, 0.15) is 45.1 Å². The minimum atomic E-state index is -0.263. The van der Waals surface area contributed by atoms with Gasteiger partial charge in [0.2, 0.25) is 0 Å². The summed E-state index contributed by atoms with van der Waals surface area (Å²) in [6.45, 7) is 6.92. The van der Waals surface area contributed by atoms with Crippen molar-refractivity contribution in [3.05, 3.63) is 29.6 Å². The van der Waals surface area contributed by atoms with Gasteiger partial charge >= 0.3 is 0 Å². The quantitative estimate of drug-likeness (QED) is 0.667. The van der Waals surface area contributed by atoms with Crippen LogP contribution in [-0.2, 0) is 0 Å². The topological polar surface area (TPSA) is 9.23 Å². The Balaban J connectivity index is 2.50. The summed E-state index contributed by atoms with van der Waals surface area (Å²) in [5.41, 5.74) is 1.03. The van der Waals surface area contributed by atoms with Gasteiger partial charge in [0.1, 0.15) is 0 Å². The molecule has 0 radical (unpaired) electrons. The van der Waals surface area contributed by atoms with Gasteiger partial charge in [0, 0.05) is 0 Å². The van der Waals surface area contributed by atoms with Crippen molar-refractivity contribution < 1.29 is 9.13 Å². The molecular weight excluding hydrogens is 215 g/mol. The average molecular weight is 238 g/mol. The zero-order valence-corrected chi connectivity index (χ0v) is 11.1. The number of hydrogen-bond donors (Lipinski definition) is 0. The van der Waals surface area contributed by atoms with E-state index in [4.69, 9.17) is 4.74 Å². The molecule has 0 aliphatic rings. The Morgan fingerprint density at radius 2 is 2.06 bits per heavy atom. The predicted molar refractivity (Wildman–Crippen MR) is 69.9 cm³/mol. The van der Waals surface area contributed by atoms with Gasteiger partial charge in [0.15, 0.2) is 11.6 Å². The van der Waals surface area contributed by atoms with Crippen molar-refractivity contribution in [2.75, 3.05) is 6.61 Å². The number of benzene rings is 1. The third-order valence-electron chi connectivity index (χ3n) is 3.10. The molecule has 0 aliphatic heterocycles. The van der Waals surface area contributed by atoms with Crippen LogP contribution in [0.2, 0.25) is 0 Å². The lowest BCUT2D eigenvalue weighted by Crippen LogP contribution is -2.12. The van der Waals surface area contributed by atoms with Crippen molar-refractivity contribution in [1.82, 2.24) is 0 Å². The van der Waals surface area contributed by atoms with E-state index in [1.807, 2.05) is 6.92 Å². The third kappa shape index (κ3) is 4.76. The Morgan fingerprint density at radius 1 is 1.29 bits per heavy atom. The van der Waals surface area contributed by atoms with Gasteiger partial charge in [-0.2, -0.15) is 0 Å². The molecule has 96 valence electrons. The van der Waals surface area contributed by atoms with Crippen molar-refractivity contribution >= 4 is 0 Å². The highest BCUT2D eigenvalue weighted by molar-refractivity contribution is 5.29. The summed E-state index contributed by atoms with van der Waals surface area (Å²) in [7, 11) is 0. The van der Waals surface area contributed by atoms with Crippen molar-refractivity contribution in [2.24, 2.45) is 5.92 Å². The van der Waals surface area contributed by atoms with Crippen LogP contribution in [0.25, 0.3) is 0 Å². The second-order valence-corrected chi connectivity index (χ2v) is 4.66. The minimum Gasteiger partial charge on any atom is -0.490 e. The standard InChI is InChI=1S/C15H23FO/c1-4-6-7-13(5-2)11-17-15-10-12(3)8-9-14(15)16/h8-10,13H,4-7,11H2,1-3H3. The Hall–Kier alpha value is -1.05. The maximum atomic E-state index is 13.5. The number of halogens is 1. The van der Waals surface area contributed by atoms with Gasteiger partial charge in [0.05, 0.1) is 6.61 Å². The molecule has 0 N–H and O–H groups in total. The van der Waals surface area contributed by atoms with Crippen LogP contribution in [0.15, 0.2) is 18.2 Å². The monoisotopic (exact) mass is 238 g/mol. The molecule has 0 saturated carbocycles. The molecule has 0 saturated heterocycles. The van der Waals surface area contributed by atoms with E-state index in [2.05, 4.69) is 13.8 Å². The number of rotatable bonds is 7. The lowest BCUT2D eigenvalue weighted by atomic mass is 10.0. The Morgan fingerprint density at radius 3 is 2.71 bits per heavy atom. The molecule has 0 bridgehead atoms. The van der Waals surface area contributed by atoms with Crippen molar-refractivity contribution in [3.63, 3.8) is 0 Å². The Kier molecular flexibility index (Phi) is 6.03. The Bertz CT molecular complexity index is 336. The van der Waals surface area contributed by atoms with Crippen LogP contribution in [0.4, 0.5) is 4.39 Å². The van der Waals surface area contributed by atoms with Gasteiger partial charge in [-0.1, -0.05) is 39.2 Å². The molecule has 0 spiro atoms. The SMILES string of the molecule is CCCCC(CC)COc1cc(C)ccc1F. The van der Waals surface area contributed by atoms with Crippen molar-refractivity contribution in [2.45, 2.75) is 46.5 Å². The third-order valence-corrected chi connectivity index (χ3v) is 3.10. The summed E-state index contributed by atoms with van der Waals surface area (Å²) in [5.74, 6) is 0.663. The summed E-state index contributed by atoms with van der Waals surface area (Å²) < 4.78 is 19.0. The van der Waals surface area contributed by atoms with E-state index in [1.54, 1.807) is 12.1 Å². The molecule has 17 heavy (non-hydrogen) atoms. The van der Waals surface area contributed by atoms with E-state index in [0.717, 1.165) is 12.0 Å². The molecule has 1 atom stereocenters. The highest BCUT2D eigenvalue weighted by atomic mass is 19.1. The van der Waals surface area contributed by atoms with Crippen LogP contribution in [0, 0.1) is 18.7 Å². The zero-order chi connectivity index (χ0) is 12.7. The van der Waals surface area contributed by atoms with Crippen molar-refractivity contribution in [1.29, 1.82) is 0 Å². The molecule has 0 fully saturated rings. The highest BCUT2D eigenvalue weighted by Crippen LogP contribution is 2.21. The molecule has 1 nitrogen and oxygen atoms in total. The first-order chi connectivity index (χ1) is 8.17. The molecule has 0 heterocycles. The first-order valence-corrected chi connectivity index (χ1v) is 6.56. The van der Waals surface area contributed by atoms with E-state index in [0.29, 0.717) is 18.3 Å². The lowest BCUT2D eigenvalue weighted by molar-refractivity contribution is 0.225. The summed E-state index contributed by atoms with van der Waals surface area (Å²) in [4.78, 5) is 0. The van der Waals surface area contributed by atoms with Crippen LogP contribution in [0.5, 0.6) is 5.75 Å². The molecular formula is C15H23FO. The Labute approximate surface area is 104 Å². The summed E-state index contributed by atoms with van der Waals surface area (Å²) in [5, 5.41) is 0. The van der Waals surface area contributed by atoms with Gasteiger partial charge in [-0.05, 0) is 37.0 Å². The van der Waals surface area contributed by atoms with E-state index >= 15 is 0 Å². The fraction of sp³-hybridized carbons (Fsp3) is 0.600. The van der Waals surface area contributed by atoms with Gasteiger partial charge < -0.3 is 4.74 Å². The minimum absolute atomic E-state index is 0.263. The molecule has 1 unspecified atom stereocenters. The summed E-state index contributed by atoms with van der Waals surface area (Å²) in [6, 6.07) is 5.00. The zero-order valence-electron chi connectivity index (χ0n) is 11.1. The molecule has 0 aromatic heterocycles. The molecule has 2 heteroatoms. The van der Waals surface area contributed by atoms with Gasteiger partial charge in [-0.15, -0.1) is 0 Å². The number of aryl methyl sites for hydroxylation is 1. The van der Waals surface area contributed by atoms with Gasteiger partial charge in [-0.3, -0.25) is 0 Å². The van der Waals surface area contributed by atoms with Gasteiger partial charge in [-0.25, -0.2) is 4.39 Å². The number of hydrogen-bond acceptors (Lipinski definition) is 1. The van der Waals surface area contributed by atoms with E-state index < -0.39 is 0 Å². The molecule has 1 aromatic rings. The lowest BCUT2D eigenvalue weighted by Gasteiger charge is -2.16.